The molecular weight excluding hydrogens is 457 g/mol. The van der Waals surface area contributed by atoms with Crippen molar-refractivity contribution in [3.63, 3.8) is 0 Å². The molecule has 2 amide bonds. The van der Waals surface area contributed by atoms with Gasteiger partial charge in [0.05, 0.1) is 17.8 Å². The molecule has 1 heterocycles. The van der Waals surface area contributed by atoms with Gasteiger partial charge in [-0.05, 0) is 48.0 Å². The lowest BCUT2D eigenvalue weighted by atomic mass is 10.1. The highest BCUT2D eigenvalue weighted by Crippen LogP contribution is 2.31. The number of benzene rings is 3. The number of hydrogen-bond acceptors (Lipinski definition) is 5. The first-order valence-corrected chi connectivity index (χ1v) is 11.3. The number of thioether (sulfide) groups is 1. The van der Waals surface area contributed by atoms with Crippen LogP contribution >= 0.6 is 11.8 Å². The number of aliphatic imine (C=N–C) groups is 1. The molecule has 1 aliphatic rings. The van der Waals surface area contributed by atoms with Crippen LogP contribution in [0.3, 0.4) is 0 Å². The van der Waals surface area contributed by atoms with Crippen LogP contribution in [0.2, 0.25) is 0 Å². The summed E-state index contributed by atoms with van der Waals surface area (Å²) in [5.74, 6) is -2.20. The Bertz CT molecular complexity index is 1250. The van der Waals surface area contributed by atoms with E-state index in [1.807, 2.05) is 18.2 Å². The molecule has 1 atom stereocenters. The Morgan fingerprint density at radius 3 is 2.50 bits per heavy atom. The van der Waals surface area contributed by atoms with Gasteiger partial charge in [0.1, 0.15) is 11.1 Å². The third-order valence-electron chi connectivity index (χ3n) is 5.04. The molecule has 3 aromatic rings. The molecule has 0 spiro atoms. The fourth-order valence-electron chi connectivity index (χ4n) is 3.33. The number of carbonyl (C=O) groups excluding carboxylic acids is 2. The molecule has 2 N–H and O–H groups in total. The SMILES string of the molecule is O=C(O)c1cccc(NC(=O)C2CC(=O)N(Cc3ccc(F)cc3)C(=Nc3ccccc3)S2)c1. The average Bonchev–Trinajstić information content (AvgIpc) is 2.83. The number of carbonyl (C=O) groups is 3. The Hall–Kier alpha value is -3.98. The minimum atomic E-state index is -1.10. The molecule has 1 fully saturated rings. The largest absolute Gasteiger partial charge is 0.478 e. The summed E-state index contributed by atoms with van der Waals surface area (Å²) >= 11 is 1.15. The van der Waals surface area contributed by atoms with Crippen molar-refractivity contribution in [1.82, 2.24) is 4.90 Å². The van der Waals surface area contributed by atoms with E-state index >= 15 is 0 Å². The van der Waals surface area contributed by atoms with Gasteiger partial charge in [-0.3, -0.25) is 14.5 Å². The standard InChI is InChI=1S/C25H20FN3O4S/c26-18-11-9-16(10-12-18)15-29-22(30)14-21(34-25(29)28-19-6-2-1-3-7-19)23(31)27-20-8-4-5-17(13-20)24(32)33/h1-13,21H,14-15H2,(H,27,31)(H,32,33). The van der Waals surface area contributed by atoms with E-state index in [-0.39, 0.29) is 30.3 Å². The second-order valence-corrected chi connectivity index (χ2v) is 8.69. The second kappa shape index (κ2) is 10.3. The number of nitrogens with one attached hydrogen (secondary N) is 1. The number of amides is 2. The molecule has 1 unspecified atom stereocenters. The van der Waals surface area contributed by atoms with Gasteiger partial charge in [-0.1, -0.05) is 48.2 Å². The van der Waals surface area contributed by atoms with Gasteiger partial charge in [0.2, 0.25) is 11.8 Å². The number of para-hydroxylation sites is 1. The minimum Gasteiger partial charge on any atom is -0.478 e. The number of rotatable bonds is 6. The van der Waals surface area contributed by atoms with Crippen molar-refractivity contribution in [2.24, 2.45) is 4.99 Å². The molecule has 0 bridgehead atoms. The van der Waals surface area contributed by atoms with E-state index in [9.17, 15) is 18.8 Å². The van der Waals surface area contributed by atoms with Gasteiger partial charge in [0, 0.05) is 12.1 Å². The highest BCUT2D eigenvalue weighted by atomic mass is 32.2. The normalized spacial score (nSPS) is 17.0. The lowest BCUT2D eigenvalue weighted by Crippen LogP contribution is -2.44. The van der Waals surface area contributed by atoms with Gasteiger partial charge in [0.15, 0.2) is 5.17 Å². The van der Waals surface area contributed by atoms with Gasteiger partial charge in [-0.25, -0.2) is 14.2 Å². The minimum absolute atomic E-state index is 0.0435. The fraction of sp³-hybridized carbons (Fsp3) is 0.120. The predicted octanol–water partition coefficient (Wildman–Crippen LogP) is 4.68. The zero-order valence-corrected chi connectivity index (χ0v) is 18.7. The Morgan fingerprint density at radius 2 is 1.79 bits per heavy atom. The zero-order chi connectivity index (χ0) is 24.1. The maximum absolute atomic E-state index is 13.3. The van der Waals surface area contributed by atoms with Crippen molar-refractivity contribution in [1.29, 1.82) is 0 Å². The Labute approximate surface area is 199 Å². The summed E-state index contributed by atoms with van der Waals surface area (Å²) in [7, 11) is 0. The number of halogens is 1. The van der Waals surface area contributed by atoms with E-state index < -0.39 is 17.1 Å². The molecular formula is C25H20FN3O4S. The van der Waals surface area contributed by atoms with Gasteiger partial charge < -0.3 is 10.4 Å². The van der Waals surface area contributed by atoms with Crippen molar-refractivity contribution < 1.29 is 23.9 Å². The monoisotopic (exact) mass is 477 g/mol. The lowest BCUT2D eigenvalue weighted by molar-refractivity contribution is -0.129. The maximum Gasteiger partial charge on any atom is 0.335 e. The number of hydrogen-bond donors (Lipinski definition) is 2. The van der Waals surface area contributed by atoms with E-state index in [0.29, 0.717) is 16.5 Å². The molecule has 0 aromatic heterocycles. The third kappa shape index (κ3) is 5.68. The van der Waals surface area contributed by atoms with Crippen molar-refractivity contribution in [3.8, 4) is 0 Å². The topological polar surface area (TPSA) is 99.1 Å². The highest BCUT2D eigenvalue weighted by molar-refractivity contribution is 8.15. The molecule has 7 nitrogen and oxygen atoms in total. The van der Waals surface area contributed by atoms with Crippen molar-refractivity contribution >= 4 is 46.1 Å². The van der Waals surface area contributed by atoms with Crippen molar-refractivity contribution in [2.75, 3.05) is 5.32 Å². The van der Waals surface area contributed by atoms with E-state index in [4.69, 9.17) is 5.11 Å². The van der Waals surface area contributed by atoms with Crippen LogP contribution < -0.4 is 5.32 Å². The lowest BCUT2D eigenvalue weighted by Gasteiger charge is -2.32. The van der Waals surface area contributed by atoms with Crippen LogP contribution in [0.25, 0.3) is 0 Å². The number of carboxylic acid groups (broad SMARTS) is 1. The Balaban J connectivity index is 1.57. The van der Waals surface area contributed by atoms with Crippen LogP contribution in [0.15, 0.2) is 83.9 Å². The Kier molecular flexibility index (Phi) is 7.03. The van der Waals surface area contributed by atoms with E-state index in [1.165, 1.54) is 35.2 Å². The molecule has 1 aliphatic heterocycles. The van der Waals surface area contributed by atoms with Gasteiger partial charge in [0.25, 0.3) is 0 Å². The molecule has 1 saturated heterocycles. The molecule has 0 aliphatic carbocycles. The Morgan fingerprint density at radius 1 is 1.06 bits per heavy atom. The molecule has 3 aromatic carbocycles. The number of carboxylic acids is 1. The summed E-state index contributed by atoms with van der Waals surface area (Å²) in [6.45, 7) is 0.187. The van der Waals surface area contributed by atoms with Crippen LogP contribution in [-0.2, 0) is 16.1 Å². The van der Waals surface area contributed by atoms with Crippen LogP contribution in [0.4, 0.5) is 15.8 Å². The second-order valence-electron chi connectivity index (χ2n) is 7.52. The van der Waals surface area contributed by atoms with E-state index in [1.54, 1.807) is 30.3 Å². The van der Waals surface area contributed by atoms with E-state index in [2.05, 4.69) is 10.3 Å². The van der Waals surface area contributed by atoms with Gasteiger partial charge >= 0.3 is 5.97 Å². The fourth-order valence-corrected chi connectivity index (χ4v) is 4.43. The average molecular weight is 478 g/mol. The number of amidine groups is 1. The predicted molar refractivity (Wildman–Crippen MR) is 129 cm³/mol. The number of aromatic carboxylic acids is 1. The summed E-state index contributed by atoms with van der Waals surface area (Å²) in [5.41, 5.74) is 1.72. The summed E-state index contributed by atoms with van der Waals surface area (Å²) in [5, 5.41) is 11.5. The van der Waals surface area contributed by atoms with Crippen LogP contribution in [0, 0.1) is 5.82 Å². The summed E-state index contributed by atoms with van der Waals surface area (Å²) in [6, 6.07) is 20.8. The molecule has 34 heavy (non-hydrogen) atoms. The molecule has 0 saturated carbocycles. The van der Waals surface area contributed by atoms with Crippen LogP contribution in [-0.4, -0.2) is 38.2 Å². The van der Waals surface area contributed by atoms with Crippen LogP contribution in [0.1, 0.15) is 22.3 Å². The van der Waals surface area contributed by atoms with Crippen molar-refractivity contribution in [2.45, 2.75) is 18.2 Å². The molecule has 0 radical (unpaired) electrons. The zero-order valence-electron chi connectivity index (χ0n) is 17.8. The molecule has 172 valence electrons. The maximum atomic E-state index is 13.3. The third-order valence-corrected chi connectivity index (χ3v) is 6.23. The summed E-state index contributed by atoms with van der Waals surface area (Å²) < 4.78 is 13.3. The molecule has 4 rings (SSSR count). The van der Waals surface area contributed by atoms with Gasteiger partial charge in [-0.15, -0.1) is 0 Å². The van der Waals surface area contributed by atoms with E-state index in [0.717, 1.165) is 17.3 Å². The van der Waals surface area contributed by atoms with Crippen LogP contribution in [0.5, 0.6) is 0 Å². The summed E-state index contributed by atoms with van der Waals surface area (Å²) in [4.78, 5) is 43.3. The first kappa shape index (κ1) is 23.2. The van der Waals surface area contributed by atoms with Crippen molar-refractivity contribution in [3.05, 3.63) is 95.8 Å². The van der Waals surface area contributed by atoms with Gasteiger partial charge in [-0.2, -0.15) is 0 Å². The first-order valence-electron chi connectivity index (χ1n) is 10.4. The number of anilines is 1. The number of nitrogens with zero attached hydrogens (tertiary/aromatic N) is 2. The quantitative estimate of drug-likeness (QED) is 0.537. The summed E-state index contributed by atoms with van der Waals surface area (Å²) in [6.07, 6.45) is -0.0654. The first-order chi connectivity index (χ1) is 16.4. The smallest absolute Gasteiger partial charge is 0.335 e. The molecule has 9 heteroatoms. The highest BCUT2D eigenvalue weighted by Gasteiger charge is 2.36.